The van der Waals surface area contributed by atoms with Gasteiger partial charge in [0.15, 0.2) is 0 Å². The minimum absolute atomic E-state index is 0.0654. The van der Waals surface area contributed by atoms with Crippen LogP contribution in [0, 0.1) is 27.2 Å². The highest BCUT2D eigenvalue weighted by molar-refractivity contribution is 7.99. The van der Waals surface area contributed by atoms with Crippen molar-refractivity contribution < 1.29 is 9.85 Å². The second-order valence-electron chi connectivity index (χ2n) is 4.15. The lowest BCUT2D eigenvalue weighted by atomic mass is 10.2. The molecule has 0 bridgehead atoms. The summed E-state index contributed by atoms with van der Waals surface area (Å²) in [5.74, 6) is 1.15. The summed E-state index contributed by atoms with van der Waals surface area (Å²) in [6.07, 6.45) is 1.49. The zero-order valence-electron chi connectivity index (χ0n) is 11.8. The van der Waals surface area contributed by atoms with Crippen LogP contribution in [0.1, 0.15) is 5.82 Å². The third kappa shape index (κ3) is 4.47. The summed E-state index contributed by atoms with van der Waals surface area (Å²) in [5, 5.41) is 32.6. The molecule has 2 rings (SSSR count). The number of hydrazone groups is 1. The molecule has 1 heterocycles. The summed E-state index contributed by atoms with van der Waals surface area (Å²) < 4.78 is 0. The molecule has 0 saturated carbocycles. The lowest BCUT2D eigenvalue weighted by molar-refractivity contribution is -0.393. The Morgan fingerprint density at radius 1 is 1.39 bits per heavy atom. The minimum Gasteiger partial charge on any atom is -0.272 e. The van der Waals surface area contributed by atoms with Crippen LogP contribution in [-0.2, 0) is 0 Å². The Hall–Kier alpha value is -3.02. The third-order valence-electron chi connectivity index (χ3n) is 2.53. The van der Waals surface area contributed by atoms with Gasteiger partial charge in [0.1, 0.15) is 11.5 Å². The normalized spacial score (nSPS) is 10.8. The fourth-order valence-corrected chi connectivity index (χ4v) is 2.14. The Bertz CT molecular complexity index is 761. The van der Waals surface area contributed by atoms with E-state index in [-0.39, 0.29) is 11.4 Å². The van der Waals surface area contributed by atoms with Gasteiger partial charge in [-0.15, -0.1) is 5.10 Å². The number of aromatic nitrogens is 3. The minimum atomic E-state index is -0.712. The summed E-state index contributed by atoms with van der Waals surface area (Å²) in [6.45, 7) is 1.78. The van der Waals surface area contributed by atoms with Crippen molar-refractivity contribution >= 4 is 35.0 Å². The average molecular weight is 337 g/mol. The molecule has 0 amide bonds. The summed E-state index contributed by atoms with van der Waals surface area (Å²) in [4.78, 5) is 24.3. The van der Waals surface area contributed by atoms with E-state index in [9.17, 15) is 20.2 Å². The number of non-ortho nitro benzene ring substituents is 1. The summed E-state index contributed by atoms with van der Waals surface area (Å²) in [6, 6.07) is 3.28. The number of nitro benzene ring substituents is 2. The molecule has 11 nitrogen and oxygen atoms in total. The van der Waals surface area contributed by atoms with Crippen LogP contribution in [0.4, 0.5) is 17.1 Å². The molecule has 2 aromatic rings. The van der Waals surface area contributed by atoms with Crippen molar-refractivity contribution in [2.75, 3.05) is 11.2 Å². The number of rotatable bonds is 7. The first-order valence-corrected chi connectivity index (χ1v) is 7.18. The highest BCUT2D eigenvalue weighted by Gasteiger charge is 2.18. The number of benzene rings is 1. The maximum atomic E-state index is 10.9. The molecular formula is C11H11N7O4S. The average Bonchev–Trinajstić information content (AvgIpc) is 2.92. The van der Waals surface area contributed by atoms with E-state index >= 15 is 0 Å². The van der Waals surface area contributed by atoms with Crippen molar-refractivity contribution in [1.29, 1.82) is 0 Å². The number of nitrogens with zero attached hydrogens (tertiary/aromatic N) is 5. The first kappa shape index (κ1) is 16.4. The van der Waals surface area contributed by atoms with Crippen LogP contribution >= 0.6 is 11.8 Å². The predicted octanol–water partition coefficient (Wildman–Crippen LogP) is 2.12. The maximum absolute atomic E-state index is 10.9. The number of nitrogens with one attached hydrogen (secondary N) is 2. The van der Waals surface area contributed by atoms with E-state index in [2.05, 4.69) is 25.7 Å². The SMILES string of the molecule is Cc1nc(SCC=NNc2ccc([N+](=O)[O-])cc2[N+](=O)[O-])n[nH]1. The quantitative estimate of drug-likeness (QED) is 0.337. The van der Waals surface area contributed by atoms with E-state index in [1.165, 1.54) is 24.0 Å². The van der Waals surface area contributed by atoms with Gasteiger partial charge in [-0.1, -0.05) is 11.8 Å². The second kappa shape index (κ2) is 7.31. The van der Waals surface area contributed by atoms with Gasteiger partial charge in [0.2, 0.25) is 5.16 Å². The standard InChI is InChI=1S/C11H11N7O4S/c1-7-13-11(16-14-7)23-5-4-12-15-9-3-2-8(17(19)20)6-10(9)18(21)22/h2-4,6,15H,5H2,1H3,(H,13,14,16). The number of hydrogen-bond donors (Lipinski definition) is 2. The number of H-pyrrole nitrogens is 1. The molecule has 0 unspecified atom stereocenters. The van der Waals surface area contributed by atoms with Crippen LogP contribution in [0.2, 0.25) is 0 Å². The molecule has 0 fully saturated rings. The van der Waals surface area contributed by atoms with Gasteiger partial charge in [-0.3, -0.25) is 30.8 Å². The lowest BCUT2D eigenvalue weighted by Gasteiger charge is -2.01. The number of thioether (sulfide) groups is 1. The molecule has 120 valence electrons. The smallest absolute Gasteiger partial charge is 0.272 e. The van der Waals surface area contributed by atoms with Crippen LogP contribution in [-0.4, -0.2) is 37.0 Å². The number of nitro groups is 2. The fraction of sp³-hybridized carbons (Fsp3) is 0.182. The highest BCUT2D eigenvalue weighted by atomic mass is 32.2. The molecule has 0 aliphatic rings. The topological polar surface area (TPSA) is 152 Å². The van der Waals surface area contributed by atoms with Gasteiger partial charge in [-0.05, 0) is 13.0 Å². The number of anilines is 1. The largest absolute Gasteiger partial charge is 0.301 e. The van der Waals surface area contributed by atoms with Gasteiger partial charge in [-0.2, -0.15) is 5.10 Å². The van der Waals surface area contributed by atoms with Crippen molar-refractivity contribution in [2.24, 2.45) is 5.10 Å². The monoisotopic (exact) mass is 337 g/mol. The van der Waals surface area contributed by atoms with Crippen molar-refractivity contribution in [1.82, 2.24) is 15.2 Å². The zero-order valence-corrected chi connectivity index (χ0v) is 12.6. The summed E-state index contributed by atoms with van der Waals surface area (Å²) >= 11 is 1.33. The Morgan fingerprint density at radius 2 is 2.17 bits per heavy atom. The van der Waals surface area contributed by atoms with Crippen LogP contribution in [0.3, 0.4) is 0 Å². The van der Waals surface area contributed by atoms with Crippen LogP contribution in [0.15, 0.2) is 28.5 Å². The van der Waals surface area contributed by atoms with Crippen molar-refractivity contribution in [3.8, 4) is 0 Å². The van der Waals surface area contributed by atoms with Crippen molar-refractivity contribution in [2.45, 2.75) is 12.1 Å². The molecule has 0 aliphatic heterocycles. The molecule has 0 aliphatic carbocycles. The van der Waals surface area contributed by atoms with Crippen molar-refractivity contribution in [3.05, 3.63) is 44.3 Å². The van der Waals surface area contributed by atoms with E-state index < -0.39 is 15.5 Å². The Morgan fingerprint density at radius 3 is 2.78 bits per heavy atom. The number of hydrogen-bond acceptors (Lipinski definition) is 9. The molecule has 23 heavy (non-hydrogen) atoms. The predicted molar refractivity (Wildman–Crippen MR) is 83.7 cm³/mol. The molecule has 12 heteroatoms. The second-order valence-corrected chi connectivity index (χ2v) is 5.14. The first-order valence-electron chi connectivity index (χ1n) is 6.19. The summed E-state index contributed by atoms with van der Waals surface area (Å²) in [7, 11) is 0. The Balaban J connectivity index is 1.97. The van der Waals surface area contributed by atoms with Crippen LogP contribution in [0.25, 0.3) is 0 Å². The van der Waals surface area contributed by atoms with E-state index in [1.54, 1.807) is 6.92 Å². The lowest BCUT2D eigenvalue weighted by Crippen LogP contribution is -1.99. The van der Waals surface area contributed by atoms with Crippen LogP contribution in [0.5, 0.6) is 0 Å². The first-order chi connectivity index (χ1) is 11.0. The highest BCUT2D eigenvalue weighted by Crippen LogP contribution is 2.28. The number of aryl methyl sites for hydroxylation is 1. The molecule has 0 saturated heterocycles. The zero-order chi connectivity index (χ0) is 16.8. The number of aromatic amines is 1. The van der Waals surface area contributed by atoms with Crippen LogP contribution < -0.4 is 5.43 Å². The van der Waals surface area contributed by atoms with Gasteiger partial charge in [0.25, 0.3) is 5.69 Å². The van der Waals surface area contributed by atoms with Gasteiger partial charge in [-0.25, -0.2) is 4.98 Å². The van der Waals surface area contributed by atoms with E-state index in [0.717, 1.165) is 12.1 Å². The molecule has 0 radical (unpaired) electrons. The van der Waals surface area contributed by atoms with Gasteiger partial charge in [0, 0.05) is 18.0 Å². The molecule has 1 aromatic heterocycles. The van der Waals surface area contributed by atoms with E-state index in [4.69, 9.17) is 0 Å². The van der Waals surface area contributed by atoms with E-state index in [1.807, 2.05) is 0 Å². The Labute approximate surface area is 133 Å². The molecule has 2 N–H and O–H groups in total. The van der Waals surface area contributed by atoms with Gasteiger partial charge in [0.05, 0.1) is 15.9 Å². The van der Waals surface area contributed by atoms with E-state index in [0.29, 0.717) is 16.7 Å². The maximum Gasteiger partial charge on any atom is 0.301 e. The van der Waals surface area contributed by atoms with Gasteiger partial charge < -0.3 is 0 Å². The Kier molecular flexibility index (Phi) is 5.19. The molecule has 0 spiro atoms. The van der Waals surface area contributed by atoms with Gasteiger partial charge >= 0.3 is 5.69 Å². The molecule has 1 aromatic carbocycles. The molecular weight excluding hydrogens is 326 g/mol. The molecule has 0 atom stereocenters. The summed E-state index contributed by atoms with van der Waals surface area (Å²) in [5.41, 5.74) is 1.78. The fourth-order valence-electron chi connectivity index (χ4n) is 1.53. The van der Waals surface area contributed by atoms with Crippen molar-refractivity contribution in [3.63, 3.8) is 0 Å². The third-order valence-corrected chi connectivity index (χ3v) is 3.29.